The number of hydrogen-bond acceptors (Lipinski definition) is 4. The third-order valence-electron chi connectivity index (χ3n) is 4.69. The van der Waals surface area contributed by atoms with Gasteiger partial charge in [-0.15, -0.1) is 0 Å². The van der Waals surface area contributed by atoms with E-state index in [1.54, 1.807) is 23.1 Å². The van der Waals surface area contributed by atoms with E-state index in [-0.39, 0.29) is 18.6 Å². The van der Waals surface area contributed by atoms with Gasteiger partial charge in [0, 0.05) is 37.8 Å². The van der Waals surface area contributed by atoms with Gasteiger partial charge < -0.3 is 20.7 Å². The number of rotatable bonds is 12. The molecule has 170 valence electrons. The predicted octanol–water partition coefficient (Wildman–Crippen LogP) is 3.03. The van der Waals surface area contributed by atoms with Crippen LogP contribution in [0.1, 0.15) is 39.7 Å². The molecular formula is C23H36N6O2. The fourth-order valence-electron chi connectivity index (χ4n) is 3.16. The van der Waals surface area contributed by atoms with Crippen molar-refractivity contribution in [2.45, 2.75) is 53.3 Å². The van der Waals surface area contributed by atoms with Crippen LogP contribution >= 0.6 is 0 Å². The van der Waals surface area contributed by atoms with Gasteiger partial charge in [-0.3, -0.25) is 9.48 Å². The Morgan fingerprint density at radius 1 is 1.23 bits per heavy atom. The molecule has 8 heteroatoms. The van der Waals surface area contributed by atoms with Crippen molar-refractivity contribution in [2.24, 2.45) is 10.9 Å². The molecule has 0 aliphatic rings. The molecule has 0 aliphatic heterocycles. The number of nitrogens with zero attached hydrogens (tertiary/aromatic N) is 3. The van der Waals surface area contributed by atoms with Gasteiger partial charge in [0.1, 0.15) is 6.54 Å². The number of benzene rings is 1. The Morgan fingerprint density at radius 2 is 2.06 bits per heavy atom. The minimum absolute atomic E-state index is 0.117. The normalized spacial score (nSPS) is 12.6. The zero-order valence-electron chi connectivity index (χ0n) is 19.1. The molecule has 3 N–H and O–H groups in total. The van der Waals surface area contributed by atoms with Crippen LogP contribution < -0.4 is 16.0 Å². The average molecular weight is 429 g/mol. The molecule has 0 bridgehead atoms. The van der Waals surface area contributed by atoms with Crippen molar-refractivity contribution in [3.63, 3.8) is 0 Å². The van der Waals surface area contributed by atoms with Crippen LogP contribution in [0.2, 0.25) is 0 Å². The number of aromatic nitrogens is 2. The van der Waals surface area contributed by atoms with Crippen molar-refractivity contribution in [3.05, 3.63) is 48.3 Å². The van der Waals surface area contributed by atoms with Crippen LogP contribution in [0.15, 0.2) is 47.7 Å². The van der Waals surface area contributed by atoms with E-state index in [1.807, 2.05) is 38.1 Å². The number of ether oxygens (including phenoxy) is 1. The monoisotopic (exact) mass is 428 g/mol. The van der Waals surface area contributed by atoms with Gasteiger partial charge >= 0.3 is 0 Å². The summed E-state index contributed by atoms with van der Waals surface area (Å²) in [6.07, 6.45) is 4.58. The van der Waals surface area contributed by atoms with E-state index in [2.05, 4.69) is 39.9 Å². The third kappa shape index (κ3) is 9.21. The maximum absolute atomic E-state index is 12.2. The van der Waals surface area contributed by atoms with Gasteiger partial charge in [-0.05, 0) is 49.9 Å². The number of hydrogen-bond donors (Lipinski definition) is 3. The molecule has 1 aromatic heterocycles. The van der Waals surface area contributed by atoms with Crippen LogP contribution in [0.4, 0.5) is 5.69 Å². The molecule has 31 heavy (non-hydrogen) atoms. The minimum Gasteiger partial charge on any atom is -0.378 e. The standard InChI is InChI=1S/C23H36N6O2/c1-5-24-23(25-13-11-21(18(3)4)31-6-2)26-16-19-9-7-10-20(15-19)28-22(30)17-29-14-8-12-27-29/h7-10,12,14-15,18,21H,5-6,11,13,16-17H2,1-4H3,(H,28,30)(H2,24,25,26). The quantitative estimate of drug-likeness (QED) is 0.357. The lowest BCUT2D eigenvalue weighted by Crippen LogP contribution is -2.39. The molecule has 2 rings (SSSR count). The van der Waals surface area contributed by atoms with Gasteiger partial charge in [0.05, 0.1) is 12.6 Å². The van der Waals surface area contributed by atoms with Gasteiger partial charge in [-0.1, -0.05) is 26.0 Å². The highest BCUT2D eigenvalue weighted by Crippen LogP contribution is 2.12. The second kappa shape index (κ2) is 13.4. The summed E-state index contributed by atoms with van der Waals surface area (Å²) < 4.78 is 7.40. The molecule has 1 heterocycles. The van der Waals surface area contributed by atoms with E-state index >= 15 is 0 Å². The van der Waals surface area contributed by atoms with Crippen molar-refractivity contribution >= 4 is 17.6 Å². The van der Waals surface area contributed by atoms with E-state index in [1.165, 1.54) is 0 Å². The Balaban J connectivity index is 1.89. The fraction of sp³-hybridized carbons (Fsp3) is 0.522. The molecule has 0 saturated carbocycles. The van der Waals surface area contributed by atoms with Crippen LogP contribution in [0.25, 0.3) is 0 Å². The largest absolute Gasteiger partial charge is 0.378 e. The molecule has 1 atom stereocenters. The summed E-state index contributed by atoms with van der Waals surface area (Å²) >= 11 is 0. The number of amides is 1. The highest BCUT2D eigenvalue weighted by atomic mass is 16.5. The van der Waals surface area contributed by atoms with Gasteiger partial charge in [0.2, 0.25) is 5.91 Å². The number of guanidine groups is 1. The smallest absolute Gasteiger partial charge is 0.246 e. The molecule has 1 amide bonds. The molecule has 0 aliphatic carbocycles. The Labute approximate surface area is 185 Å². The lowest BCUT2D eigenvalue weighted by molar-refractivity contribution is -0.116. The van der Waals surface area contributed by atoms with Crippen molar-refractivity contribution < 1.29 is 9.53 Å². The molecule has 1 aromatic carbocycles. The third-order valence-corrected chi connectivity index (χ3v) is 4.69. The van der Waals surface area contributed by atoms with Crippen LogP contribution in [0.3, 0.4) is 0 Å². The molecule has 8 nitrogen and oxygen atoms in total. The number of anilines is 1. The van der Waals surface area contributed by atoms with E-state index < -0.39 is 0 Å². The van der Waals surface area contributed by atoms with Gasteiger partial charge in [-0.25, -0.2) is 4.99 Å². The zero-order chi connectivity index (χ0) is 22.5. The molecule has 0 saturated heterocycles. The predicted molar refractivity (Wildman–Crippen MR) is 125 cm³/mol. The SMILES string of the molecule is CCNC(=NCc1cccc(NC(=O)Cn2cccn2)c1)NCCC(OCC)C(C)C. The van der Waals surface area contributed by atoms with Crippen molar-refractivity contribution in [1.82, 2.24) is 20.4 Å². The van der Waals surface area contributed by atoms with Gasteiger partial charge in [-0.2, -0.15) is 5.10 Å². The fourth-order valence-corrected chi connectivity index (χ4v) is 3.16. The summed E-state index contributed by atoms with van der Waals surface area (Å²) in [6, 6.07) is 9.53. The number of aliphatic imine (C=N–C) groups is 1. The summed E-state index contributed by atoms with van der Waals surface area (Å²) in [5, 5.41) is 13.6. The van der Waals surface area contributed by atoms with Crippen LogP contribution in [0, 0.1) is 5.92 Å². The van der Waals surface area contributed by atoms with Crippen molar-refractivity contribution in [1.29, 1.82) is 0 Å². The van der Waals surface area contributed by atoms with Gasteiger partial charge in [0.25, 0.3) is 0 Å². The van der Waals surface area contributed by atoms with Crippen LogP contribution in [-0.4, -0.2) is 47.4 Å². The highest BCUT2D eigenvalue weighted by Gasteiger charge is 2.13. The van der Waals surface area contributed by atoms with E-state index in [4.69, 9.17) is 4.74 Å². The Kier molecular flexibility index (Phi) is 10.6. The van der Waals surface area contributed by atoms with Crippen molar-refractivity contribution in [3.8, 4) is 0 Å². The van der Waals surface area contributed by atoms with Crippen LogP contribution in [0.5, 0.6) is 0 Å². The van der Waals surface area contributed by atoms with E-state index in [9.17, 15) is 4.79 Å². The van der Waals surface area contributed by atoms with Gasteiger partial charge in [0.15, 0.2) is 5.96 Å². The summed E-state index contributed by atoms with van der Waals surface area (Å²) in [6.45, 7) is 11.4. The zero-order valence-corrected chi connectivity index (χ0v) is 19.1. The first kappa shape index (κ1) is 24.4. The lowest BCUT2D eigenvalue weighted by Gasteiger charge is -2.21. The number of nitrogens with one attached hydrogen (secondary N) is 3. The summed E-state index contributed by atoms with van der Waals surface area (Å²) in [7, 11) is 0. The molecule has 1 unspecified atom stereocenters. The maximum atomic E-state index is 12.2. The molecule has 2 aromatic rings. The first-order chi connectivity index (χ1) is 15.0. The van der Waals surface area contributed by atoms with Crippen LogP contribution in [-0.2, 0) is 22.6 Å². The molecule has 0 spiro atoms. The van der Waals surface area contributed by atoms with E-state index in [0.29, 0.717) is 12.5 Å². The lowest BCUT2D eigenvalue weighted by atomic mass is 10.0. The Morgan fingerprint density at radius 3 is 2.74 bits per heavy atom. The first-order valence-electron chi connectivity index (χ1n) is 11.0. The first-order valence-corrected chi connectivity index (χ1v) is 11.0. The molecular weight excluding hydrogens is 392 g/mol. The summed E-state index contributed by atoms with van der Waals surface area (Å²) in [5.74, 6) is 1.13. The summed E-state index contributed by atoms with van der Waals surface area (Å²) in [5.41, 5.74) is 1.77. The molecule has 0 fully saturated rings. The molecule has 0 radical (unpaired) electrons. The maximum Gasteiger partial charge on any atom is 0.246 e. The summed E-state index contributed by atoms with van der Waals surface area (Å²) in [4.78, 5) is 16.9. The number of carbonyl (C=O) groups excluding carboxylic acids is 1. The Hall–Kier alpha value is -2.87. The highest BCUT2D eigenvalue weighted by molar-refractivity contribution is 5.90. The Bertz CT molecular complexity index is 804. The second-order valence-electron chi connectivity index (χ2n) is 7.60. The minimum atomic E-state index is -0.117. The second-order valence-corrected chi connectivity index (χ2v) is 7.60. The number of carbonyl (C=O) groups is 1. The topological polar surface area (TPSA) is 92.6 Å². The van der Waals surface area contributed by atoms with E-state index in [0.717, 1.165) is 43.3 Å². The average Bonchev–Trinajstić information content (AvgIpc) is 3.24. The van der Waals surface area contributed by atoms with Crippen molar-refractivity contribution in [2.75, 3.05) is 25.0 Å².